The van der Waals surface area contributed by atoms with Gasteiger partial charge in [0.15, 0.2) is 11.6 Å². The Bertz CT molecular complexity index is 430. The van der Waals surface area contributed by atoms with Gasteiger partial charge in [-0.15, -0.1) is 0 Å². The zero-order chi connectivity index (χ0) is 13.8. The van der Waals surface area contributed by atoms with Crippen LogP contribution in [0.25, 0.3) is 0 Å². The molecule has 1 aliphatic rings. The monoisotopic (exact) mass is 265 g/mol. The normalized spacial score (nSPS) is 27.2. The summed E-state index contributed by atoms with van der Waals surface area (Å²) in [6.07, 6.45) is 5.44. The first-order chi connectivity index (χ1) is 9.11. The second-order valence-electron chi connectivity index (χ2n) is 5.51. The van der Waals surface area contributed by atoms with Crippen molar-refractivity contribution in [1.29, 1.82) is 0 Å². The van der Waals surface area contributed by atoms with Crippen LogP contribution < -0.4 is 11.1 Å². The van der Waals surface area contributed by atoms with Gasteiger partial charge in [0.1, 0.15) is 6.26 Å². The molecule has 1 heterocycles. The molecule has 3 unspecified atom stereocenters. The van der Waals surface area contributed by atoms with Gasteiger partial charge in [-0.3, -0.25) is 4.79 Å². The molecule has 0 saturated heterocycles. The van der Waals surface area contributed by atoms with Crippen molar-refractivity contribution in [3.63, 3.8) is 0 Å². The maximum Gasteiger partial charge on any atom is 0.273 e. The fourth-order valence-corrected chi connectivity index (χ4v) is 2.68. The van der Waals surface area contributed by atoms with Crippen LogP contribution in [-0.2, 0) is 6.42 Å². The number of carbonyl (C=O) groups excluding carboxylic acids is 1. The zero-order valence-electron chi connectivity index (χ0n) is 11.7. The van der Waals surface area contributed by atoms with Crippen molar-refractivity contribution in [3.8, 4) is 0 Å². The minimum Gasteiger partial charge on any atom is -0.448 e. The second-order valence-corrected chi connectivity index (χ2v) is 5.51. The van der Waals surface area contributed by atoms with E-state index in [2.05, 4.69) is 24.1 Å². The third-order valence-electron chi connectivity index (χ3n) is 4.17. The van der Waals surface area contributed by atoms with E-state index in [0.717, 1.165) is 6.42 Å². The molecular formula is C14H23N3O2. The molecule has 0 spiro atoms. The summed E-state index contributed by atoms with van der Waals surface area (Å²) in [7, 11) is 0. The molecule has 1 amide bonds. The maximum absolute atomic E-state index is 12.1. The van der Waals surface area contributed by atoms with Crippen LogP contribution in [0.4, 0.5) is 0 Å². The molecule has 0 aromatic carbocycles. The standard InChI is InChI=1S/C14H23N3O2/c1-9-4-3-5-11(10(9)2)17-14(18)12-8-19-13(16-12)6-7-15/h8-11H,3-7,15H2,1-2H3,(H,17,18). The number of carbonyl (C=O) groups is 1. The van der Waals surface area contributed by atoms with E-state index in [1.807, 2.05) is 0 Å². The lowest BCUT2D eigenvalue weighted by atomic mass is 9.78. The van der Waals surface area contributed by atoms with E-state index >= 15 is 0 Å². The quantitative estimate of drug-likeness (QED) is 0.868. The fourth-order valence-electron chi connectivity index (χ4n) is 2.68. The van der Waals surface area contributed by atoms with E-state index in [1.54, 1.807) is 0 Å². The first-order valence-electron chi connectivity index (χ1n) is 7.07. The number of aromatic nitrogens is 1. The molecule has 1 aromatic rings. The van der Waals surface area contributed by atoms with Crippen LogP contribution in [0.1, 0.15) is 49.5 Å². The van der Waals surface area contributed by atoms with Gasteiger partial charge in [-0.25, -0.2) is 4.98 Å². The molecule has 3 atom stereocenters. The fraction of sp³-hybridized carbons (Fsp3) is 0.714. The Morgan fingerprint density at radius 1 is 1.53 bits per heavy atom. The zero-order valence-corrected chi connectivity index (χ0v) is 11.7. The number of rotatable bonds is 4. The third kappa shape index (κ3) is 3.35. The van der Waals surface area contributed by atoms with Crippen molar-refractivity contribution in [1.82, 2.24) is 10.3 Å². The summed E-state index contributed by atoms with van der Waals surface area (Å²) in [5.74, 6) is 1.55. The van der Waals surface area contributed by atoms with Crippen LogP contribution in [-0.4, -0.2) is 23.5 Å². The van der Waals surface area contributed by atoms with Gasteiger partial charge in [-0.1, -0.05) is 26.7 Å². The highest BCUT2D eigenvalue weighted by Crippen LogP contribution is 2.29. The van der Waals surface area contributed by atoms with E-state index in [0.29, 0.717) is 36.4 Å². The number of hydrogen-bond acceptors (Lipinski definition) is 4. The number of hydrogen-bond donors (Lipinski definition) is 2. The molecule has 19 heavy (non-hydrogen) atoms. The molecule has 5 heteroatoms. The van der Waals surface area contributed by atoms with Crippen LogP contribution in [0.3, 0.4) is 0 Å². The Labute approximate surface area is 114 Å². The molecule has 2 rings (SSSR count). The summed E-state index contributed by atoms with van der Waals surface area (Å²) in [6, 6.07) is 0.242. The van der Waals surface area contributed by atoms with Crippen LogP contribution >= 0.6 is 0 Å². The van der Waals surface area contributed by atoms with Crippen molar-refractivity contribution in [2.75, 3.05) is 6.54 Å². The lowest BCUT2D eigenvalue weighted by molar-refractivity contribution is 0.0886. The molecule has 1 saturated carbocycles. The SMILES string of the molecule is CC1CCCC(NC(=O)c2coc(CCN)n2)C1C. The molecule has 5 nitrogen and oxygen atoms in total. The Balaban J connectivity index is 1.95. The van der Waals surface area contributed by atoms with Crippen molar-refractivity contribution in [2.45, 2.75) is 45.6 Å². The third-order valence-corrected chi connectivity index (χ3v) is 4.17. The highest BCUT2D eigenvalue weighted by molar-refractivity contribution is 5.92. The Morgan fingerprint density at radius 3 is 3.05 bits per heavy atom. The maximum atomic E-state index is 12.1. The molecule has 1 aliphatic carbocycles. The number of nitrogens with two attached hydrogens (primary N) is 1. The highest BCUT2D eigenvalue weighted by atomic mass is 16.3. The number of amides is 1. The van der Waals surface area contributed by atoms with Crippen molar-refractivity contribution < 1.29 is 9.21 Å². The minimum absolute atomic E-state index is 0.141. The lowest BCUT2D eigenvalue weighted by Crippen LogP contribution is -2.43. The number of nitrogens with zero attached hydrogens (tertiary/aromatic N) is 1. The molecule has 0 radical (unpaired) electrons. The van der Waals surface area contributed by atoms with Gasteiger partial charge in [-0.05, 0) is 18.3 Å². The van der Waals surface area contributed by atoms with E-state index in [1.165, 1.54) is 19.1 Å². The lowest BCUT2D eigenvalue weighted by Gasteiger charge is -2.34. The van der Waals surface area contributed by atoms with Gasteiger partial charge in [0.05, 0.1) is 0 Å². The minimum atomic E-state index is -0.141. The van der Waals surface area contributed by atoms with Crippen molar-refractivity contribution >= 4 is 5.91 Å². The van der Waals surface area contributed by atoms with Crippen LogP contribution in [0, 0.1) is 11.8 Å². The molecule has 1 fully saturated rings. The smallest absolute Gasteiger partial charge is 0.273 e. The van der Waals surface area contributed by atoms with Gasteiger partial charge < -0.3 is 15.5 Å². The topological polar surface area (TPSA) is 81.2 Å². The van der Waals surface area contributed by atoms with Gasteiger partial charge >= 0.3 is 0 Å². The molecule has 0 aliphatic heterocycles. The molecule has 1 aromatic heterocycles. The Hall–Kier alpha value is -1.36. The van der Waals surface area contributed by atoms with E-state index in [9.17, 15) is 4.79 Å². The summed E-state index contributed by atoms with van der Waals surface area (Å²) >= 11 is 0. The van der Waals surface area contributed by atoms with E-state index in [4.69, 9.17) is 10.2 Å². The Morgan fingerprint density at radius 2 is 2.32 bits per heavy atom. The molecule has 106 valence electrons. The molecule has 0 bridgehead atoms. The van der Waals surface area contributed by atoms with Gasteiger partial charge in [-0.2, -0.15) is 0 Å². The molecule has 3 N–H and O–H groups in total. The van der Waals surface area contributed by atoms with E-state index in [-0.39, 0.29) is 11.9 Å². The van der Waals surface area contributed by atoms with Crippen LogP contribution in [0.15, 0.2) is 10.7 Å². The van der Waals surface area contributed by atoms with Crippen LogP contribution in [0.5, 0.6) is 0 Å². The summed E-state index contributed by atoms with van der Waals surface area (Å²) in [6.45, 7) is 4.93. The summed E-state index contributed by atoms with van der Waals surface area (Å²) < 4.78 is 5.21. The van der Waals surface area contributed by atoms with E-state index < -0.39 is 0 Å². The second kappa shape index (κ2) is 6.19. The van der Waals surface area contributed by atoms with Gasteiger partial charge in [0.2, 0.25) is 0 Å². The summed E-state index contributed by atoms with van der Waals surface area (Å²) in [5.41, 5.74) is 5.78. The summed E-state index contributed by atoms with van der Waals surface area (Å²) in [5, 5.41) is 3.08. The Kier molecular flexibility index (Phi) is 4.58. The highest BCUT2D eigenvalue weighted by Gasteiger charge is 2.28. The average Bonchev–Trinajstić information content (AvgIpc) is 2.84. The van der Waals surface area contributed by atoms with Crippen molar-refractivity contribution in [3.05, 3.63) is 17.8 Å². The van der Waals surface area contributed by atoms with Crippen molar-refractivity contribution in [2.24, 2.45) is 17.6 Å². The van der Waals surface area contributed by atoms with Gasteiger partial charge in [0, 0.05) is 19.0 Å². The predicted molar refractivity (Wildman–Crippen MR) is 72.7 cm³/mol. The molecular weight excluding hydrogens is 242 g/mol. The van der Waals surface area contributed by atoms with Crippen LogP contribution in [0.2, 0.25) is 0 Å². The number of oxazole rings is 1. The number of nitrogens with one attached hydrogen (secondary N) is 1. The predicted octanol–water partition coefficient (Wildman–Crippen LogP) is 1.73. The average molecular weight is 265 g/mol. The summed E-state index contributed by atoms with van der Waals surface area (Å²) in [4.78, 5) is 16.3. The largest absolute Gasteiger partial charge is 0.448 e. The first kappa shape index (κ1) is 14.1. The van der Waals surface area contributed by atoms with Gasteiger partial charge in [0.25, 0.3) is 5.91 Å². The first-order valence-corrected chi connectivity index (χ1v) is 7.07.